The first-order chi connectivity index (χ1) is 9.27. The summed E-state index contributed by atoms with van der Waals surface area (Å²) < 4.78 is 5.67. The first-order valence-corrected chi connectivity index (χ1v) is 7.06. The van der Waals surface area contributed by atoms with Gasteiger partial charge in [-0.15, -0.1) is 0 Å². The second-order valence-corrected chi connectivity index (χ2v) is 4.75. The molecule has 0 radical (unpaired) electrons. The van der Waals surface area contributed by atoms with Crippen molar-refractivity contribution in [3.05, 3.63) is 23.8 Å². The molecule has 0 aliphatic carbocycles. The summed E-state index contributed by atoms with van der Waals surface area (Å²) in [5.41, 5.74) is 1.59. The van der Waals surface area contributed by atoms with E-state index in [0.717, 1.165) is 38.2 Å². The van der Waals surface area contributed by atoms with E-state index in [2.05, 4.69) is 19.2 Å². The molecule has 1 aromatic rings. The van der Waals surface area contributed by atoms with E-state index >= 15 is 0 Å². The minimum atomic E-state index is 0.0734. The Kier molecular flexibility index (Phi) is 4.66. The molecule has 19 heavy (non-hydrogen) atoms. The summed E-state index contributed by atoms with van der Waals surface area (Å²) in [5.74, 6) is 0.778. The van der Waals surface area contributed by atoms with E-state index in [0.29, 0.717) is 17.9 Å². The van der Waals surface area contributed by atoms with E-state index < -0.39 is 0 Å². The number of rotatable bonds is 5. The highest BCUT2D eigenvalue weighted by molar-refractivity contribution is 5.99. The molecule has 4 nitrogen and oxygen atoms in total. The lowest BCUT2D eigenvalue weighted by molar-refractivity contribution is 0.0751. The van der Waals surface area contributed by atoms with Crippen LogP contribution in [-0.2, 0) is 0 Å². The number of fused-ring (bicyclic) bond motifs is 1. The van der Waals surface area contributed by atoms with Gasteiger partial charge in [-0.2, -0.15) is 0 Å². The molecule has 0 aromatic heterocycles. The highest BCUT2D eigenvalue weighted by Gasteiger charge is 2.22. The van der Waals surface area contributed by atoms with Gasteiger partial charge in [0.05, 0.1) is 11.3 Å². The van der Waals surface area contributed by atoms with Crippen LogP contribution in [0.5, 0.6) is 5.75 Å². The van der Waals surface area contributed by atoms with Crippen molar-refractivity contribution >= 4 is 11.6 Å². The van der Waals surface area contributed by atoms with Gasteiger partial charge in [0.1, 0.15) is 6.61 Å². The Morgan fingerprint density at radius 1 is 1.32 bits per heavy atom. The molecular formula is C15H22N2O2. The fourth-order valence-corrected chi connectivity index (χ4v) is 2.36. The van der Waals surface area contributed by atoms with E-state index in [9.17, 15) is 4.79 Å². The predicted molar refractivity (Wildman–Crippen MR) is 76.9 cm³/mol. The van der Waals surface area contributed by atoms with Gasteiger partial charge in [0, 0.05) is 19.6 Å². The van der Waals surface area contributed by atoms with Crippen LogP contribution in [0, 0.1) is 0 Å². The van der Waals surface area contributed by atoms with Crippen molar-refractivity contribution in [2.24, 2.45) is 0 Å². The number of hydrogen-bond acceptors (Lipinski definition) is 3. The van der Waals surface area contributed by atoms with E-state index in [-0.39, 0.29) is 5.91 Å². The van der Waals surface area contributed by atoms with Gasteiger partial charge in [-0.05, 0) is 25.0 Å². The minimum absolute atomic E-state index is 0.0734. The lowest BCUT2D eigenvalue weighted by Crippen LogP contribution is -2.33. The lowest BCUT2D eigenvalue weighted by Gasteiger charge is -2.25. The standard InChI is InChI=1S/C15H22N2O2/c1-3-9-17(10-4-2)15(18)12-6-5-7-13-14(12)19-11-8-16-13/h5-7,16H,3-4,8-11H2,1-2H3. The van der Waals surface area contributed by atoms with Crippen LogP contribution in [0.2, 0.25) is 0 Å². The van der Waals surface area contributed by atoms with Gasteiger partial charge in [0.2, 0.25) is 0 Å². The zero-order valence-electron chi connectivity index (χ0n) is 11.7. The summed E-state index contributed by atoms with van der Waals surface area (Å²) in [6.45, 7) is 7.17. The number of anilines is 1. The molecule has 4 heteroatoms. The van der Waals surface area contributed by atoms with Crippen molar-refractivity contribution < 1.29 is 9.53 Å². The molecule has 1 aliphatic heterocycles. The Morgan fingerprint density at radius 2 is 2.05 bits per heavy atom. The monoisotopic (exact) mass is 262 g/mol. The molecule has 0 atom stereocenters. The number of ether oxygens (including phenoxy) is 1. The molecule has 1 N–H and O–H groups in total. The maximum atomic E-state index is 12.6. The minimum Gasteiger partial charge on any atom is -0.489 e. The number of carbonyl (C=O) groups excluding carboxylic acids is 1. The van der Waals surface area contributed by atoms with Crippen molar-refractivity contribution in [1.29, 1.82) is 0 Å². The van der Waals surface area contributed by atoms with Crippen LogP contribution in [0.1, 0.15) is 37.0 Å². The zero-order valence-corrected chi connectivity index (χ0v) is 11.7. The quantitative estimate of drug-likeness (QED) is 0.887. The third kappa shape index (κ3) is 3.00. The molecule has 2 rings (SSSR count). The summed E-state index contributed by atoms with van der Waals surface area (Å²) in [6.07, 6.45) is 1.94. The van der Waals surface area contributed by atoms with Crippen LogP contribution in [0.3, 0.4) is 0 Å². The van der Waals surface area contributed by atoms with Crippen LogP contribution in [0.4, 0.5) is 5.69 Å². The molecule has 1 aliphatic rings. The fraction of sp³-hybridized carbons (Fsp3) is 0.533. The number of amides is 1. The van der Waals surface area contributed by atoms with Gasteiger partial charge >= 0.3 is 0 Å². The summed E-state index contributed by atoms with van der Waals surface area (Å²) >= 11 is 0. The topological polar surface area (TPSA) is 41.6 Å². The molecule has 1 aromatic carbocycles. The normalized spacial score (nSPS) is 13.2. The predicted octanol–water partition coefficient (Wildman–Crippen LogP) is 2.75. The summed E-state index contributed by atoms with van der Waals surface area (Å²) in [7, 11) is 0. The zero-order chi connectivity index (χ0) is 13.7. The Hall–Kier alpha value is -1.71. The second-order valence-electron chi connectivity index (χ2n) is 4.75. The number of benzene rings is 1. The van der Waals surface area contributed by atoms with E-state index in [1.807, 2.05) is 23.1 Å². The smallest absolute Gasteiger partial charge is 0.257 e. The third-order valence-electron chi connectivity index (χ3n) is 3.18. The largest absolute Gasteiger partial charge is 0.489 e. The average Bonchev–Trinajstić information content (AvgIpc) is 2.46. The second kappa shape index (κ2) is 6.45. The lowest BCUT2D eigenvalue weighted by atomic mass is 10.1. The molecule has 0 unspecified atom stereocenters. The van der Waals surface area contributed by atoms with E-state index in [4.69, 9.17) is 4.74 Å². The van der Waals surface area contributed by atoms with Crippen molar-refractivity contribution in [3.8, 4) is 5.75 Å². The summed E-state index contributed by atoms with van der Waals surface area (Å²) in [4.78, 5) is 14.5. The highest BCUT2D eigenvalue weighted by atomic mass is 16.5. The number of carbonyl (C=O) groups is 1. The summed E-state index contributed by atoms with van der Waals surface area (Å²) in [6, 6.07) is 5.71. The molecule has 1 heterocycles. The van der Waals surface area contributed by atoms with Crippen LogP contribution in [0.15, 0.2) is 18.2 Å². The van der Waals surface area contributed by atoms with Crippen LogP contribution < -0.4 is 10.1 Å². The molecule has 104 valence electrons. The number of hydrogen-bond donors (Lipinski definition) is 1. The van der Waals surface area contributed by atoms with E-state index in [1.165, 1.54) is 0 Å². The van der Waals surface area contributed by atoms with Crippen molar-refractivity contribution in [2.75, 3.05) is 31.6 Å². The van der Waals surface area contributed by atoms with Gasteiger partial charge in [0.25, 0.3) is 5.91 Å². The average molecular weight is 262 g/mol. The molecule has 0 fully saturated rings. The van der Waals surface area contributed by atoms with Gasteiger partial charge in [0.15, 0.2) is 5.75 Å². The molecule has 0 spiro atoms. The van der Waals surface area contributed by atoms with E-state index in [1.54, 1.807) is 0 Å². The maximum Gasteiger partial charge on any atom is 0.257 e. The molecule has 1 amide bonds. The number of para-hydroxylation sites is 1. The number of nitrogens with zero attached hydrogens (tertiary/aromatic N) is 1. The molecule has 0 saturated carbocycles. The molecular weight excluding hydrogens is 240 g/mol. The molecule has 0 saturated heterocycles. The van der Waals surface area contributed by atoms with Crippen LogP contribution >= 0.6 is 0 Å². The maximum absolute atomic E-state index is 12.6. The first-order valence-electron chi connectivity index (χ1n) is 7.06. The number of nitrogens with one attached hydrogen (secondary N) is 1. The fourth-order valence-electron chi connectivity index (χ4n) is 2.36. The van der Waals surface area contributed by atoms with Gasteiger partial charge in [-0.1, -0.05) is 19.9 Å². The van der Waals surface area contributed by atoms with Crippen LogP contribution in [0.25, 0.3) is 0 Å². The Morgan fingerprint density at radius 3 is 2.74 bits per heavy atom. The first kappa shape index (κ1) is 13.7. The van der Waals surface area contributed by atoms with Crippen molar-refractivity contribution in [1.82, 2.24) is 4.90 Å². The highest BCUT2D eigenvalue weighted by Crippen LogP contribution is 2.32. The van der Waals surface area contributed by atoms with Gasteiger partial charge in [-0.25, -0.2) is 0 Å². The van der Waals surface area contributed by atoms with Crippen LogP contribution in [-0.4, -0.2) is 37.0 Å². The van der Waals surface area contributed by atoms with Gasteiger partial charge in [-0.3, -0.25) is 4.79 Å². The summed E-state index contributed by atoms with van der Waals surface area (Å²) in [5, 5.41) is 3.27. The van der Waals surface area contributed by atoms with Crippen molar-refractivity contribution in [2.45, 2.75) is 26.7 Å². The Balaban J connectivity index is 2.27. The Labute approximate surface area is 114 Å². The van der Waals surface area contributed by atoms with Crippen molar-refractivity contribution in [3.63, 3.8) is 0 Å². The molecule has 0 bridgehead atoms. The SMILES string of the molecule is CCCN(CCC)C(=O)c1cccc2c1OCCN2. The third-order valence-corrected chi connectivity index (χ3v) is 3.18. The Bertz CT molecular complexity index is 440. The van der Waals surface area contributed by atoms with Gasteiger partial charge < -0.3 is 15.0 Å².